The van der Waals surface area contributed by atoms with Gasteiger partial charge in [0, 0.05) is 12.1 Å². The fourth-order valence-corrected chi connectivity index (χ4v) is 2.12. The highest BCUT2D eigenvalue weighted by Gasteiger charge is 2.07. The monoisotopic (exact) mass is 205 g/mol. The van der Waals surface area contributed by atoms with Crippen LogP contribution in [0.4, 0.5) is 0 Å². The second kappa shape index (κ2) is 4.10. The van der Waals surface area contributed by atoms with Crippen LogP contribution in [0.2, 0.25) is 4.34 Å². The molecule has 1 rings (SSSR count). The predicted molar refractivity (Wildman–Crippen MR) is 53.2 cm³/mol. The molecule has 0 aromatic carbocycles. The van der Waals surface area contributed by atoms with Crippen LogP contribution in [-0.2, 0) is 6.54 Å². The predicted octanol–water partition coefficient (Wildman–Crippen LogP) is 2.67. The zero-order chi connectivity index (χ0) is 9.14. The summed E-state index contributed by atoms with van der Waals surface area (Å²) < 4.78 is 2.34. The van der Waals surface area contributed by atoms with Gasteiger partial charge in [0.2, 0.25) is 0 Å². The van der Waals surface area contributed by atoms with Crippen LogP contribution in [0.5, 0.6) is 0 Å². The Bertz CT molecular complexity index is 315. The third-order valence-corrected chi connectivity index (χ3v) is 3.27. The van der Waals surface area contributed by atoms with E-state index in [1.165, 1.54) is 11.5 Å². The van der Waals surface area contributed by atoms with Gasteiger partial charge >= 0.3 is 0 Å². The summed E-state index contributed by atoms with van der Waals surface area (Å²) in [6.07, 6.45) is 2.14. The first-order valence-electron chi connectivity index (χ1n) is 4.03. The quantitative estimate of drug-likeness (QED) is 0.744. The highest BCUT2D eigenvalue weighted by Crippen LogP contribution is 2.17. The van der Waals surface area contributed by atoms with E-state index in [0.29, 0.717) is 9.90 Å². The topological polar surface area (TPSA) is 22.0 Å². The summed E-state index contributed by atoms with van der Waals surface area (Å²) in [7, 11) is 0. The van der Waals surface area contributed by atoms with Gasteiger partial charge in [-0.05, 0) is 24.9 Å². The van der Waals surface area contributed by atoms with E-state index in [0.717, 1.165) is 19.4 Å². The summed E-state index contributed by atoms with van der Waals surface area (Å²) >= 11 is 7.16. The number of hydrogen-bond acceptors (Lipinski definition) is 2. The molecule has 2 nitrogen and oxygen atoms in total. The van der Waals surface area contributed by atoms with Crippen LogP contribution >= 0.6 is 23.1 Å². The molecule has 0 aliphatic rings. The first-order chi connectivity index (χ1) is 5.66. The molecule has 0 spiro atoms. The maximum Gasteiger partial charge on any atom is 0.265 e. The second-order valence-electron chi connectivity index (χ2n) is 2.75. The summed E-state index contributed by atoms with van der Waals surface area (Å²) in [5, 5.41) is 0. The van der Waals surface area contributed by atoms with Crippen molar-refractivity contribution in [2.24, 2.45) is 0 Å². The maximum absolute atomic E-state index is 11.4. The van der Waals surface area contributed by atoms with E-state index in [9.17, 15) is 4.79 Å². The second-order valence-corrected chi connectivity index (χ2v) is 4.38. The number of halogens is 1. The van der Waals surface area contributed by atoms with E-state index < -0.39 is 0 Å². The summed E-state index contributed by atoms with van der Waals surface area (Å²) in [6, 6.07) is 0. The fraction of sp³-hybridized carbons (Fsp3) is 0.625. The van der Waals surface area contributed by atoms with Crippen molar-refractivity contribution in [3.05, 3.63) is 20.3 Å². The number of nitrogens with zero attached hydrogens (tertiary/aromatic N) is 1. The third-order valence-electron chi connectivity index (χ3n) is 1.75. The van der Waals surface area contributed by atoms with Crippen molar-refractivity contribution in [3.63, 3.8) is 0 Å². The number of rotatable bonds is 3. The van der Waals surface area contributed by atoms with Crippen molar-refractivity contribution in [2.75, 3.05) is 0 Å². The standard InChI is InChI=1S/C8H12ClNOS/c1-3-4-5-10-8(11)6(2)7(9)12-10/h3-5H2,1-2H3. The van der Waals surface area contributed by atoms with Gasteiger partial charge in [-0.2, -0.15) is 0 Å². The Morgan fingerprint density at radius 1 is 1.58 bits per heavy atom. The van der Waals surface area contributed by atoms with Crippen LogP contribution in [0.1, 0.15) is 25.3 Å². The van der Waals surface area contributed by atoms with E-state index >= 15 is 0 Å². The minimum absolute atomic E-state index is 0.0680. The van der Waals surface area contributed by atoms with Crippen LogP contribution in [0, 0.1) is 6.92 Å². The van der Waals surface area contributed by atoms with Crippen LogP contribution in [0.3, 0.4) is 0 Å². The van der Waals surface area contributed by atoms with E-state index in [1.54, 1.807) is 10.9 Å². The number of aryl methyl sites for hydroxylation is 1. The summed E-state index contributed by atoms with van der Waals surface area (Å²) in [5.41, 5.74) is 0.746. The molecule has 68 valence electrons. The van der Waals surface area contributed by atoms with E-state index in [2.05, 4.69) is 6.92 Å². The van der Waals surface area contributed by atoms with Gasteiger partial charge in [0.25, 0.3) is 5.56 Å². The molecule has 0 bridgehead atoms. The largest absolute Gasteiger partial charge is 0.268 e. The molecule has 0 unspecified atom stereocenters. The lowest BCUT2D eigenvalue weighted by atomic mass is 10.3. The minimum atomic E-state index is 0.0680. The number of hydrogen-bond donors (Lipinski definition) is 0. The molecule has 12 heavy (non-hydrogen) atoms. The third kappa shape index (κ3) is 1.90. The first-order valence-corrected chi connectivity index (χ1v) is 5.18. The lowest BCUT2D eigenvalue weighted by Crippen LogP contribution is -2.14. The van der Waals surface area contributed by atoms with Gasteiger partial charge in [-0.15, -0.1) is 0 Å². The number of aromatic nitrogens is 1. The van der Waals surface area contributed by atoms with Crippen molar-refractivity contribution < 1.29 is 0 Å². The molecule has 0 amide bonds. The van der Waals surface area contributed by atoms with Crippen LogP contribution in [0.25, 0.3) is 0 Å². The Morgan fingerprint density at radius 2 is 2.25 bits per heavy atom. The summed E-state index contributed by atoms with van der Waals surface area (Å²) in [5.74, 6) is 0. The van der Waals surface area contributed by atoms with Crippen LogP contribution < -0.4 is 5.56 Å². The molecule has 0 fully saturated rings. The lowest BCUT2D eigenvalue weighted by molar-refractivity contribution is 0.656. The molecule has 1 heterocycles. The maximum atomic E-state index is 11.4. The zero-order valence-electron chi connectivity index (χ0n) is 7.26. The molecule has 0 aliphatic heterocycles. The van der Waals surface area contributed by atoms with E-state index in [1.807, 2.05) is 0 Å². The normalized spacial score (nSPS) is 10.6. The minimum Gasteiger partial charge on any atom is -0.268 e. The Labute approximate surface area is 80.9 Å². The fourth-order valence-electron chi connectivity index (χ4n) is 0.927. The Morgan fingerprint density at radius 3 is 2.67 bits per heavy atom. The molecule has 1 aromatic rings. The summed E-state index contributed by atoms with van der Waals surface area (Å²) in [4.78, 5) is 11.4. The molecular formula is C8H12ClNOS. The molecule has 0 N–H and O–H groups in total. The van der Waals surface area contributed by atoms with Crippen LogP contribution in [0.15, 0.2) is 4.79 Å². The highest BCUT2D eigenvalue weighted by atomic mass is 35.5. The zero-order valence-corrected chi connectivity index (χ0v) is 8.84. The van der Waals surface area contributed by atoms with Gasteiger partial charge in [-0.3, -0.25) is 8.75 Å². The SMILES string of the molecule is CCCCn1sc(Cl)c(C)c1=O. The van der Waals surface area contributed by atoms with Crippen molar-refractivity contribution in [3.8, 4) is 0 Å². The van der Waals surface area contributed by atoms with Crippen molar-refractivity contribution in [2.45, 2.75) is 33.2 Å². The molecule has 0 saturated heterocycles. The van der Waals surface area contributed by atoms with Gasteiger partial charge in [0.15, 0.2) is 0 Å². The molecule has 4 heteroatoms. The molecule has 0 radical (unpaired) electrons. The van der Waals surface area contributed by atoms with Gasteiger partial charge in [0.1, 0.15) is 4.34 Å². The Kier molecular flexibility index (Phi) is 3.35. The van der Waals surface area contributed by atoms with E-state index in [-0.39, 0.29) is 5.56 Å². The number of unbranched alkanes of at least 4 members (excludes halogenated alkanes) is 1. The average Bonchev–Trinajstić information content (AvgIpc) is 2.30. The smallest absolute Gasteiger partial charge is 0.265 e. The Hall–Kier alpha value is -0.280. The first kappa shape index (κ1) is 9.81. The van der Waals surface area contributed by atoms with Gasteiger partial charge in [-0.25, -0.2) is 0 Å². The average molecular weight is 206 g/mol. The highest BCUT2D eigenvalue weighted by molar-refractivity contribution is 7.11. The molecule has 0 saturated carbocycles. The molecule has 0 aliphatic carbocycles. The molecule has 1 aromatic heterocycles. The van der Waals surface area contributed by atoms with Gasteiger partial charge in [-0.1, -0.05) is 24.9 Å². The lowest BCUT2D eigenvalue weighted by Gasteiger charge is -1.95. The van der Waals surface area contributed by atoms with Gasteiger partial charge < -0.3 is 0 Å². The van der Waals surface area contributed by atoms with Gasteiger partial charge in [0.05, 0.1) is 0 Å². The molecular weight excluding hydrogens is 194 g/mol. The molecule has 0 atom stereocenters. The van der Waals surface area contributed by atoms with E-state index in [4.69, 9.17) is 11.6 Å². The van der Waals surface area contributed by atoms with Crippen molar-refractivity contribution >= 4 is 23.1 Å². The van der Waals surface area contributed by atoms with Crippen LogP contribution in [-0.4, -0.2) is 3.96 Å². The Balaban J connectivity index is 2.87. The summed E-state index contributed by atoms with van der Waals surface area (Å²) in [6.45, 7) is 4.67. The van der Waals surface area contributed by atoms with Crippen molar-refractivity contribution in [1.29, 1.82) is 0 Å². The van der Waals surface area contributed by atoms with Crippen molar-refractivity contribution in [1.82, 2.24) is 3.96 Å².